The smallest absolute Gasteiger partial charge is 0.321 e. The molecule has 0 aliphatic carbocycles. The number of nitrogens with one attached hydrogen (secondary N) is 2. The summed E-state index contributed by atoms with van der Waals surface area (Å²) in [6.07, 6.45) is 4.23. The van der Waals surface area contributed by atoms with Gasteiger partial charge in [0.2, 0.25) is 0 Å². The third-order valence-corrected chi connectivity index (χ3v) is 6.06. The van der Waals surface area contributed by atoms with Crippen molar-refractivity contribution < 1.29 is 17.6 Å². The Labute approximate surface area is 165 Å². The summed E-state index contributed by atoms with van der Waals surface area (Å²) < 4.78 is 37.3. The van der Waals surface area contributed by atoms with Crippen molar-refractivity contribution in [3.63, 3.8) is 0 Å². The fraction of sp³-hybridized carbons (Fsp3) is 0.167. The number of pyridine rings is 1. The molecule has 2 N–H and O–H groups in total. The number of carbonyl (C=O) groups excluding carboxylic acids is 1. The third-order valence-electron chi connectivity index (χ3n) is 3.81. The molecule has 10 heteroatoms. The zero-order valence-corrected chi connectivity index (χ0v) is 16.7. The highest BCUT2D eigenvalue weighted by Crippen LogP contribution is 2.34. The van der Waals surface area contributed by atoms with Gasteiger partial charge in [-0.2, -0.15) is 0 Å². The lowest BCUT2D eigenvalue weighted by Crippen LogP contribution is -2.28. The fourth-order valence-electron chi connectivity index (χ4n) is 2.48. The quantitative estimate of drug-likeness (QED) is 0.659. The molecule has 2 heterocycles. The number of hydrogen-bond donors (Lipinski definition) is 2. The van der Waals surface area contributed by atoms with Gasteiger partial charge in [-0.05, 0) is 42.3 Å². The Kier molecular flexibility index (Phi) is 5.71. The summed E-state index contributed by atoms with van der Waals surface area (Å²) in [5.74, 6) is -0.822. The molecule has 7 nitrogen and oxygen atoms in total. The molecular formula is C18H17FN4O3S2. The summed E-state index contributed by atoms with van der Waals surface area (Å²) in [6.45, 7) is 2.07. The van der Waals surface area contributed by atoms with Crippen LogP contribution >= 0.6 is 11.3 Å². The van der Waals surface area contributed by atoms with Crippen molar-refractivity contribution in [1.82, 2.24) is 15.3 Å². The van der Waals surface area contributed by atoms with Gasteiger partial charge in [-0.1, -0.05) is 17.4 Å². The maximum absolute atomic E-state index is 14.2. The lowest BCUT2D eigenvalue weighted by Gasteiger charge is -2.05. The maximum Gasteiger partial charge on any atom is 0.321 e. The van der Waals surface area contributed by atoms with Gasteiger partial charge in [0, 0.05) is 25.2 Å². The zero-order chi connectivity index (χ0) is 20.3. The van der Waals surface area contributed by atoms with Gasteiger partial charge in [0.25, 0.3) is 0 Å². The number of sulfone groups is 1. The van der Waals surface area contributed by atoms with Crippen molar-refractivity contribution >= 4 is 32.3 Å². The third kappa shape index (κ3) is 4.70. The van der Waals surface area contributed by atoms with Crippen molar-refractivity contribution in [1.29, 1.82) is 0 Å². The Balaban J connectivity index is 1.72. The number of urea groups is 1. The number of benzene rings is 1. The first-order chi connectivity index (χ1) is 13.2. The van der Waals surface area contributed by atoms with Gasteiger partial charge >= 0.3 is 6.03 Å². The number of hydrogen-bond acceptors (Lipinski definition) is 6. The Bertz CT molecular complexity index is 1120. The molecule has 3 aromatic rings. The molecule has 0 saturated heterocycles. The van der Waals surface area contributed by atoms with E-state index in [9.17, 15) is 17.6 Å². The second-order valence-electron chi connectivity index (χ2n) is 6.01. The fourth-order valence-corrected chi connectivity index (χ4v) is 4.17. The molecule has 0 aliphatic rings. The van der Waals surface area contributed by atoms with E-state index in [-0.39, 0.29) is 4.90 Å². The van der Waals surface area contributed by atoms with Crippen LogP contribution in [0.4, 0.5) is 14.3 Å². The molecule has 2 amide bonds. The maximum atomic E-state index is 14.2. The summed E-state index contributed by atoms with van der Waals surface area (Å²) in [7, 11) is -3.64. The monoisotopic (exact) mass is 420 g/mol. The topological polar surface area (TPSA) is 101 Å². The van der Waals surface area contributed by atoms with Gasteiger partial charge < -0.3 is 5.32 Å². The van der Waals surface area contributed by atoms with Gasteiger partial charge in [-0.25, -0.2) is 22.6 Å². The number of rotatable bonds is 5. The van der Waals surface area contributed by atoms with Gasteiger partial charge in [0.15, 0.2) is 15.0 Å². The normalized spacial score (nSPS) is 11.2. The molecule has 0 unspecified atom stereocenters. The minimum Gasteiger partial charge on any atom is -0.334 e. The first-order valence-corrected chi connectivity index (χ1v) is 10.9. The van der Waals surface area contributed by atoms with Crippen molar-refractivity contribution in [2.45, 2.75) is 18.4 Å². The minimum atomic E-state index is -3.64. The van der Waals surface area contributed by atoms with Crippen LogP contribution in [0, 0.1) is 12.7 Å². The summed E-state index contributed by atoms with van der Waals surface area (Å²) in [6, 6.07) is 7.07. The van der Waals surface area contributed by atoms with Crippen molar-refractivity contribution in [3.8, 4) is 10.4 Å². The molecule has 0 bridgehead atoms. The average molecular weight is 420 g/mol. The van der Waals surface area contributed by atoms with Gasteiger partial charge in [-0.15, -0.1) is 0 Å². The molecule has 0 fully saturated rings. The summed E-state index contributed by atoms with van der Waals surface area (Å²) in [4.78, 5) is 20.5. The van der Waals surface area contributed by atoms with Crippen LogP contribution in [0.25, 0.3) is 10.4 Å². The molecule has 28 heavy (non-hydrogen) atoms. The number of carbonyl (C=O) groups is 1. The largest absolute Gasteiger partial charge is 0.334 e. The van der Waals surface area contributed by atoms with E-state index in [1.165, 1.54) is 23.5 Å². The van der Waals surface area contributed by atoms with Crippen LogP contribution < -0.4 is 10.6 Å². The first-order valence-electron chi connectivity index (χ1n) is 8.15. The van der Waals surface area contributed by atoms with Crippen LogP contribution in [0.1, 0.15) is 11.3 Å². The van der Waals surface area contributed by atoms with Gasteiger partial charge in [0.1, 0.15) is 10.7 Å². The van der Waals surface area contributed by atoms with E-state index in [2.05, 4.69) is 20.6 Å². The predicted molar refractivity (Wildman–Crippen MR) is 105 cm³/mol. The molecule has 0 aliphatic heterocycles. The Hall–Kier alpha value is -2.85. The van der Waals surface area contributed by atoms with Crippen LogP contribution in [0.15, 0.2) is 47.6 Å². The van der Waals surface area contributed by atoms with Crippen molar-refractivity contribution in [2.24, 2.45) is 0 Å². The summed E-state index contributed by atoms with van der Waals surface area (Å²) >= 11 is 1.18. The highest BCUT2D eigenvalue weighted by molar-refractivity contribution is 7.90. The lowest BCUT2D eigenvalue weighted by atomic mass is 10.1. The number of halogens is 1. The summed E-state index contributed by atoms with van der Waals surface area (Å²) in [5, 5.41) is 5.71. The van der Waals surface area contributed by atoms with E-state index < -0.39 is 21.7 Å². The highest BCUT2D eigenvalue weighted by atomic mass is 32.2. The molecule has 0 atom stereocenters. The van der Waals surface area contributed by atoms with E-state index in [4.69, 9.17) is 0 Å². The Morgan fingerprint density at radius 2 is 1.93 bits per heavy atom. The van der Waals surface area contributed by atoms with Crippen LogP contribution in [0.2, 0.25) is 0 Å². The molecule has 2 aromatic heterocycles. The van der Waals surface area contributed by atoms with Crippen molar-refractivity contribution in [3.05, 3.63) is 59.8 Å². The molecule has 1 aromatic carbocycles. The number of aryl methyl sites for hydroxylation is 1. The summed E-state index contributed by atoms with van der Waals surface area (Å²) in [5.41, 5.74) is 1.99. The molecule has 146 valence electrons. The van der Waals surface area contributed by atoms with Gasteiger partial charge in [-0.3, -0.25) is 10.3 Å². The number of anilines is 1. The van der Waals surface area contributed by atoms with Crippen LogP contribution in [0.5, 0.6) is 0 Å². The molecule has 0 saturated carbocycles. The number of aromatic nitrogens is 2. The number of amides is 2. The molecular weight excluding hydrogens is 403 g/mol. The van der Waals surface area contributed by atoms with E-state index >= 15 is 0 Å². The van der Waals surface area contributed by atoms with Crippen LogP contribution in [0.3, 0.4) is 0 Å². The second-order valence-corrected chi connectivity index (χ2v) is 9.00. The zero-order valence-electron chi connectivity index (χ0n) is 15.1. The Morgan fingerprint density at radius 1 is 1.21 bits per heavy atom. The lowest BCUT2D eigenvalue weighted by molar-refractivity contribution is 0.251. The molecule has 0 spiro atoms. The standard InChI is InChI=1S/C18H17FN4O3S2/c1-11-16(13-3-4-15(14(19)9-13)28(2,25)26)27-18(22-11)23-17(24)21-10-12-5-7-20-8-6-12/h3-9H,10H2,1-2H3,(H2,21,22,23,24). The molecule has 3 rings (SSSR count). The van der Waals surface area contributed by atoms with Crippen LogP contribution in [-0.4, -0.2) is 30.7 Å². The minimum absolute atomic E-state index is 0.337. The van der Waals surface area contributed by atoms with E-state index in [0.717, 1.165) is 17.9 Å². The Morgan fingerprint density at radius 3 is 2.57 bits per heavy atom. The highest BCUT2D eigenvalue weighted by Gasteiger charge is 2.17. The van der Waals surface area contributed by atoms with Crippen LogP contribution in [-0.2, 0) is 16.4 Å². The second kappa shape index (κ2) is 8.03. The SMILES string of the molecule is Cc1nc(NC(=O)NCc2ccncc2)sc1-c1ccc(S(C)(=O)=O)c(F)c1. The predicted octanol–water partition coefficient (Wildman–Crippen LogP) is 3.38. The van der Waals surface area contributed by atoms with E-state index in [1.54, 1.807) is 31.5 Å². The van der Waals surface area contributed by atoms with E-state index in [1.807, 2.05) is 0 Å². The van der Waals surface area contributed by atoms with E-state index in [0.29, 0.717) is 27.8 Å². The van der Waals surface area contributed by atoms with Gasteiger partial charge in [0.05, 0.1) is 10.6 Å². The average Bonchev–Trinajstić information content (AvgIpc) is 3.00. The first kappa shape index (κ1) is 19.9. The number of nitrogens with zero attached hydrogens (tertiary/aromatic N) is 2. The van der Waals surface area contributed by atoms with Crippen molar-refractivity contribution in [2.75, 3.05) is 11.6 Å². The number of thiazole rings is 1. The molecule has 0 radical (unpaired) electrons.